The van der Waals surface area contributed by atoms with Crippen molar-refractivity contribution in [2.75, 3.05) is 0 Å². The van der Waals surface area contributed by atoms with Crippen molar-refractivity contribution in [3.8, 4) is 0 Å². The number of non-ortho nitro benzene ring substituents is 1. The Labute approximate surface area is 150 Å². The highest BCUT2D eigenvalue weighted by atomic mass is 32.2. The van der Waals surface area contributed by atoms with Gasteiger partial charge in [0, 0.05) is 23.8 Å². The largest absolute Gasteiger partial charge is 0.465 e. The molecule has 0 spiro atoms. The lowest BCUT2D eigenvalue weighted by molar-refractivity contribution is -0.384. The van der Waals surface area contributed by atoms with Gasteiger partial charge in [-0.3, -0.25) is 25.1 Å². The third-order valence-electron chi connectivity index (χ3n) is 3.16. The Kier molecular flexibility index (Phi) is 4.63. The van der Waals surface area contributed by atoms with E-state index in [1.807, 2.05) is 0 Å². The van der Waals surface area contributed by atoms with E-state index in [1.165, 1.54) is 36.6 Å². The highest BCUT2D eigenvalue weighted by molar-refractivity contribution is 8.26. The predicted molar refractivity (Wildman–Crippen MR) is 94.3 cm³/mol. The Morgan fingerprint density at radius 3 is 2.64 bits per heavy atom. The third-order valence-corrected chi connectivity index (χ3v) is 4.47. The first-order valence-electron chi connectivity index (χ1n) is 6.82. The molecule has 2 heterocycles. The second-order valence-corrected chi connectivity index (χ2v) is 6.45. The first kappa shape index (κ1) is 16.9. The number of nitro benzene ring substituents is 1. The van der Waals surface area contributed by atoms with Gasteiger partial charge < -0.3 is 4.42 Å². The summed E-state index contributed by atoms with van der Waals surface area (Å²) in [6.07, 6.45) is 3.00. The van der Waals surface area contributed by atoms with Crippen LogP contribution in [0.15, 0.2) is 52.0 Å². The fourth-order valence-corrected chi connectivity index (χ4v) is 3.13. The van der Waals surface area contributed by atoms with Crippen molar-refractivity contribution < 1.29 is 18.9 Å². The number of furan rings is 1. The van der Waals surface area contributed by atoms with Gasteiger partial charge in [-0.1, -0.05) is 11.8 Å². The van der Waals surface area contributed by atoms with Crippen LogP contribution >= 0.6 is 24.0 Å². The van der Waals surface area contributed by atoms with Gasteiger partial charge in [-0.2, -0.15) is 5.01 Å². The molecule has 0 saturated carbocycles. The first-order chi connectivity index (χ1) is 12.0. The minimum Gasteiger partial charge on any atom is -0.465 e. The van der Waals surface area contributed by atoms with Gasteiger partial charge in [0.05, 0.1) is 16.1 Å². The Morgan fingerprint density at radius 2 is 2.04 bits per heavy atom. The van der Waals surface area contributed by atoms with E-state index >= 15 is 0 Å². The van der Waals surface area contributed by atoms with Crippen LogP contribution in [0.1, 0.15) is 16.1 Å². The van der Waals surface area contributed by atoms with Gasteiger partial charge in [0.1, 0.15) is 5.76 Å². The second-order valence-electron chi connectivity index (χ2n) is 4.78. The van der Waals surface area contributed by atoms with Gasteiger partial charge in [-0.05, 0) is 36.5 Å². The van der Waals surface area contributed by atoms with Crippen molar-refractivity contribution in [3.05, 3.63) is 69.0 Å². The molecule has 2 aromatic rings. The molecule has 3 rings (SSSR count). The maximum atomic E-state index is 12.4. The Hall–Kier alpha value is -2.98. The van der Waals surface area contributed by atoms with Crippen molar-refractivity contribution >= 4 is 51.9 Å². The molecule has 10 heteroatoms. The number of nitrogens with one attached hydrogen (secondary N) is 1. The number of carbonyl (C=O) groups is 2. The highest BCUT2D eigenvalue weighted by Gasteiger charge is 2.34. The molecule has 0 atom stereocenters. The van der Waals surface area contributed by atoms with Crippen LogP contribution in [0, 0.1) is 10.1 Å². The zero-order chi connectivity index (χ0) is 18.0. The summed E-state index contributed by atoms with van der Waals surface area (Å²) >= 11 is 6.13. The molecule has 126 valence electrons. The number of nitrogens with zero attached hydrogens (tertiary/aromatic N) is 2. The van der Waals surface area contributed by atoms with Crippen LogP contribution in [0.3, 0.4) is 0 Å². The molecule has 25 heavy (non-hydrogen) atoms. The molecule has 1 N–H and O–H groups in total. The number of thiocarbonyl (C=S) groups is 1. The van der Waals surface area contributed by atoms with E-state index in [-0.39, 0.29) is 15.6 Å². The molecule has 1 aliphatic rings. The summed E-state index contributed by atoms with van der Waals surface area (Å²) in [5, 5.41) is 11.6. The van der Waals surface area contributed by atoms with E-state index in [2.05, 4.69) is 5.43 Å². The lowest BCUT2D eigenvalue weighted by Gasteiger charge is -2.15. The van der Waals surface area contributed by atoms with Gasteiger partial charge in [-0.25, -0.2) is 0 Å². The van der Waals surface area contributed by atoms with Crippen LogP contribution in [0.2, 0.25) is 0 Å². The second kappa shape index (κ2) is 6.87. The summed E-state index contributed by atoms with van der Waals surface area (Å²) in [5.74, 6) is -0.602. The molecular formula is C15H9N3O5S2. The molecule has 1 aliphatic heterocycles. The summed E-state index contributed by atoms with van der Waals surface area (Å²) in [5.41, 5.74) is 2.42. The van der Waals surface area contributed by atoms with E-state index < -0.39 is 16.7 Å². The van der Waals surface area contributed by atoms with E-state index in [1.54, 1.807) is 12.1 Å². The molecule has 2 amide bonds. The average molecular weight is 375 g/mol. The topological polar surface area (TPSA) is 106 Å². The molecule has 0 radical (unpaired) electrons. The number of hydrazine groups is 1. The van der Waals surface area contributed by atoms with Crippen molar-refractivity contribution in [2.24, 2.45) is 0 Å². The number of benzene rings is 1. The maximum absolute atomic E-state index is 12.4. The molecule has 0 unspecified atom stereocenters. The number of hydrogen-bond donors (Lipinski definition) is 1. The fourth-order valence-electron chi connectivity index (χ4n) is 1.97. The van der Waals surface area contributed by atoms with Crippen LogP contribution in [-0.4, -0.2) is 26.1 Å². The summed E-state index contributed by atoms with van der Waals surface area (Å²) in [6, 6.07) is 8.37. The Bertz CT molecular complexity index is 890. The van der Waals surface area contributed by atoms with Crippen molar-refractivity contribution in [2.45, 2.75) is 0 Å². The van der Waals surface area contributed by atoms with E-state index in [0.717, 1.165) is 16.8 Å². The van der Waals surface area contributed by atoms with Gasteiger partial charge in [-0.15, -0.1) is 0 Å². The number of thioether (sulfide) groups is 1. The van der Waals surface area contributed by atoms with Crippen LogP contribution in [0.4, 0.5) is 5.69 Å². The Morgan fingerprint density at radius 1 is 1.32 bits per heavy atom. The van der Waals surface area contributed by atoms with Crippen LogP contribution < -0.4 is 5.43 Å². The molecule has 1 fully saturated rings. The predicted octanol–water partition coefficient (Wildman–Crippen LogP) is 2.73. The number of carbonyl (C=O) groups excluding carboxylic acids is 2. The number of amides is 2. The molecule has 1 saturated heterocycles. The lowest BCUT2D eigenvalue weighted by atomic mass is 10.2. The summed E-state index contributed by atoms with van der Waals surface area (Å²) in [4.78, 5) is 34.9. The zero-order valence-electron chi connectivity index (χ0n) is 12.4. The maximum Gasteiger partial charge on any atom is 0.285 e. The standard InChI is InChI=1S/C15H9N3O5S2/c19-13(9-3-5-10(6-4-9)18(21)22)16-17-14(20)12(25-15(17)24)8-11-2-1-7-23-11/h1-8H,(H,16,19)/b12-8+. The van der Waals surface area contributed by atoms with E-state index in [4.69, 9.17) is 16.6 Å². The minimum atomic E-state index is -0.606. The van der Waals surface area contributed by atoms with Crippen molar-refractivity contribution in [3.63, 3.8) is 0 Å². The van der Waals surface area contributed by atoms with Crippen molar-refractivity contribution in [1.82, 2.24) is 10.4 Å². The monoisotopic (exact) mass is 375 g/mol. The number of rotatable bonds is 4. The SMILES string of the molecule is O=C(NN1C(=O)/C(=C\c2ccco2)SC1=S)c1ccc([N+](=O)[O-])cc1. The molecular weight excluding hydrogens is 366 g/mol. The summed E-state index contributed by atoms with van der Waals surface area (Å²) in [6.45, 7) is 0. The molecule has 1 aromatic carbocycles. The van der Waals surface area contributed by atoms with Crippen molar-refractivity contribution in [1.29, 1.82) is 0 Å². The normalized spacial score (nSPS) is 15.7. The average Bonchev–Trinajstić information content (AvgIpc) is 3.19. The van der Waals surface area contributed by atoms with Gasteiger partial charge in [0.2, 0.25) is 0 Å². The smallest absolute Gasteiger partial charge is 0.285 e. The summed E-state index contributed by atoms with van der Waals surface area (Å²) in [7, 11) is 0. The highest BCUT2D eigenvalue weighted by Crippen LogP contribution is 2.31. The zero-order valence-corrected chi connectivity index (χ0v) is 14.0. The van der Waals surface area contributed by atoms with Gasteiger partial charge in [0.25, 0.3) is 17.5 Å². The van der Waals surface area contributed by atoms with Gasteiger partial charge >= 0.3 is 0 Å². The number of nitro groups is 1. The minimum absolute atomic E-state index is 0.136. The van der Waals surface area contributed by atoms with E-state index in [0.29, 0.717) is 10.7 Å². The first-order valence-corrected chi connectivity index (χ1v) is 8.05. The fraction of sp³-hybridized carbons (Fsp3) is 0. The van der Waals surface area contributed by atoms with E-state index in [9.17, 15) is 19.7 Å². The van der Waals surface area contributed by atoms with Crippen LogP contribution in [0.5, 0.6) is 0 Å². The number of hydrogen-bond acceptors (Lipinski definition) is 7. The molecule has 0 bridgehead atoms. The third kappa shape index (κ3) is 3.59. The van der Waals surface area contributed by atoms with Crippen LogP contribution in [0.25, 0.3) is 6.08 Å². The van der Waals surface area contributed by atoms with Crippen LogP contribution in [-0.2, 0) is 4.79 Å². The Balaban J connectivity index is 1.73. The lowest BCUT2D eigenvalue weighted by Crippen LogP contribution is -2.44. The summed E-state index contributed by atoms with van der Waals surface area (Å²) < 4.78 is 5.31. The van der Waals surface area contributed by atoms with Gasteiger partial charge in [0.15, 0.2) is 4.32 Å². The molecule has 8 nitrogen and oxygen atoms in total. The molecule has 1 aromatic heterocycles. The molecule has 0 aliphatic carbocycles. The quantitative estimate of drug-likeness (QED) is 0.379.